The normalized spacial score (nSPS) is 11.5. The first kappa shape index (κ1) is 20.9. The van der Waals surface area contributed by atoms with Crippen LogP contribution in [0.2, 0.25) is 0 Å². The molecule has 0 saturated heterocycles. The zero-order valence-corrected chi connectivity index (χ0v) is 16.5. The van der Waals surface area contributed by atoms with Crippen molar-refractivity contribution in [1.82, 2.24) is 9.88 Å². The van der Waals surface area contributed by atoms with Crippen molar-refractivity contribution in [1.29, 1.82) is 0 Å². The van der Waals surface area contributed by atoms with Crippen molar-refractivity contribution < 1.29 is 18.0 Å². The van der Waals surface area contributed by atoms with Gasteiger partial charge < -0.3 is 4.90 Å². The summed E-state index contributed by atoms with van der Waals surface area (Å²) in [6.07, 6.45) is -3.64. The molecule has 0 aliphatic heterocycles. The SMILES string of the molecule is CN(C(=O)CSc1ccc(C(F)(F)F)cn1)C(c1ccccc1)c1ccccc1. The highest BCUT2D eigenvalue weighted by molar-refractivity contribution is 7.99. The molecule has 0 N–H and O–H groups in total. The minimum absolute atomic E-state index is 0.0744. The number of rotatable bonds is 6. The maximum absolute atomic E-state index is 12.8. The van der Waals surface area contributed by atoms with Gasteiger partial charge in [0.25, 0.3) is 0 Å². The summed E-state index contributed by atoms with van der Waals surface area (Å²) in [7, 11) is 1.73. The third-order valence-electron chi connectivity index (χ3n) is 4.42. The molecule has 0 radical (unpaired) electrons. The Balaban J connectivity index is 1.73. The Morgan fingerprint density at radius 3 is 1.97 bits per heavy atom. The van der Waals surface area contributed by atoms with Crippen LogP contribution >= 0.6 is 11.8 Å². The topological polar surface area (TPSA) is 33.2 Å². The number of carbonyl (C=O) groups is 1. The van der Waals surface area contributed by atoms with E-state index in [1.54, 1.807) is 11.9 Å². The lowest BCUT2D eigenvalue weighted by atomic mass is 9.97. The summed E-state index contributed by atoms with van der Waals surface area (Å²) in [5.41, 5.74) is 1.15. The highest BCUT2D eigenvalue weighted by atomic mass is 32.2. The minimum Gasteiger partial charge on any atom is -0.334 e. The van der Waals surface area contributed by atoms with E-state index in [1.807, 2.05) is 60.7 Å². The number of carbonyl (C=O) groups excluding carboxylic acids is 1. The van der Waals surface area contributed by atoms with Crippen LogP contribution in [0, 0.1) is 0 Å². The molecule has 0 atom stereocenters. The fourth-order valence-corrected chi connectivity index (χ4v) is 3.69. The highest BCUT2D eigenvalue weighted by Crippen LogP contribution is 2.31. The Morgan fingerprint density at radius 2 is 1.52 bits per heavy atom. The maximum Gasteiger partial charge on any atom is 0.417 e. The minimum atomic E-state index is -4.43. The van der Waals surface area contributed by atoms with Crippen LogP contribution in [0.15, 0.2) is 84.0 Å². The average molecular weight is 416 g/mol. The number of hydrogen-bond donors (Lipinski definition) is 0. The van der Waals surface area contributed by atoms with Crippen molar-refractivity contribution in [2.24, 2.45) is 0 Å². The van der Waals surface area contributed by atoms with E-state index in [-0.39, 0.29) is 17.7 Å². The monoisotopic (exact) mass is 416 g/mol. The van der Waals surface area contributed by atoms with E-state index in [0.717, 1.165) is 35.2 Å². The molecule has 0 bridgehead atoms. The molecule has 3 rings (SSSR count). The zero-order chi connectivity index (χ0) is 20.9. The van der Waals surface area contributed by atoms with Crippen molar-refractivity contribution in [3.63, 3.8) is 0 Å². The number of pyridine rings is 1. The third-order valence-corrected chi connectivity index (χ3v) is 5.35. The standard InChI is InChI=1S/C22H19F3N2OS/c1-27(20(28)15-29-19-13-12-18(14-26-19)22(23,24)25)21(16-8-4-2-5-9-16)17-10-6-3-7-11-17/h2-14,21H,15H2,1H3. The van der Waals surface area contributed by atoms with Gasteiger partial charge in [-0.3, -0.25) is 4.79 Å². The van der Waals surface area contributed by atoms with Gasteiger partial charge in [0.15, 0.2) is 0 Å². The highest BCUT2D eigenvalue weighted by Gasteiger charge is 2.30. The smallest absolute Gasteiger partial charge is 0.334 e. The van der Waals surface area contributed by atoms with Crippen LogP contribution in [0.1, 0.15) is 22.7 Å². The van der Waals surface area contributed by atoms with Gasteiger partial charge >= 0.3 is 6.18 Å². The lowest BCUT2D eigenvalue weighted by Gasteiger charge is -2.29. The van der Waals surface area contributed by atoms with Crippen LogP contribution in [-0.4, -0.2) is 28.6 Å². The van der Waals surface area contributed by atoms with Crippen LogP contribution in [0.4, 0.5) is 13.2 Å². The number of thioether (sulfide) groups is 1. The Bertz CT molecular complexity index is 892. The summed E-state index contributed by atoms with van der Waals surface area (Å²) in [5, 5.41) is 0.371. The number of alkyl halides is 3. The molecular formula is C22H19F3N2OS. The number of hydrogen-bond acceptors (Lipinski definition) is 3. The second kappa shape index (κ2) is 9.13. The molecule has 150 valence electrons. The second-order valence-corrected chi connectivity index (χ2v) is 7.40. The molecule has 29 heavy (non-hydrogen) atoms. The van der Waals surface area contributed by atoms with E-state index in [0.29, 0.717) is 5.03 Å². The van der Waals surface area contributed by atoms with Gasteiger partial charge in [-0.2, -0.15) is 13.2 Å². The quantitative estimate of drug-likeness (QED) is 0.502. The van der Waals surface area contributed by atoms with Crippen molar-refractivity contribution in [3.05, 3.63) is 95.7 Å². The Kier molecular flexibility index (Phi) is 6.59. The van der Waals surface area contributed by atoms with Gasteiger partial charge in [0.05, 0.1) is 22.4 Å². The van der Waals surface area contributed by atoms with E-state index in [9.17, 15) is 18.0 Å². The van der Waals surface area contributed by atoms with Crippen LogP contribution in [0.5, 0.6) is 0 Å². The molecule has 3 nitrogen and oxygen atoms in total. The number of benzene rings is 2. The van der Waals surface area contributed by atoms with E-state index in [1.165, 1.54) is 6.07 Å². The van der Waals surface area contributed by atoms with Crippen LogP contribution < -0.4 is 0 Å². The van der Waals surface area contributed by atoms with Gasteiger partial charge in [0, 0.05) is 13.2 Å². The first-order valence-corrected chi connectivity index (χ1v) is 9.86. The number of nitrogens with zero attached hydrogens (tertiary/aromatic N) is 2. The number of aromatic nitrogens is 1. The largest absolute Gasteiger partial charge is 0.417 e. The van der Waals surface area contributed by atoms with Gasteiger partial charge in [-0.1, -0.05) is 72.4 Å². The molecule has 1 aromatic heterocycles. The zero-order valence-electron chi connectivity index (χ0n) is 15.6. The Hall–Kier alpha value is -2.80. The molecule has 0 aliphatic carbocycles. The van der Waals surface area contributed by atoms with Gasteiger partial charge in [0.1, 0.15) is 0 Å². The maximum atomic E-state index is 12.8. The molecule has 2 aromatic carbocycles. The molecule has 1 heterocycles. The average Bonchev–Trinajstić information content (AvgIpc) is 2.73. The predicted octanol–water partition coefficient (Wildman–Crippen LogP) is 5.44. The summed E-state index contributed by atoms with van der Waals surface area (Å²) in [6.45, 7) is 0. The van der Waals surface area contributed by atoms with E-state index >= 15 is 0 Å². The number of halogens is 3. The Labute approximate surface area is 171 Å². The van der Waals surface area contributed by atoms with Crippen molar-refractivity contribution >= 4 is 17.7 Å². The van der Waals surface area contributed by atoms with Gasteiger partial charge in [-0.05, 0) is 23.3 Å². The molecular weight excluding hydrogens is 397 g/mol. The number of amides is 1. The molecule has 3 aromatic rings. The summed E-state index contributed by atoms with van der Waals surface area (Å²) >= 11 is 1.11. The van der Waals surface area contributed by atoms with Crippen LogP contribution in [-0.2, 0) is 11.0 Å². The van der Waals surface area contributed by atoms with Gasteiger partial charge in [-0.25, -0.2) is 4.98 Å². The first-order chi connectivity index (χ1) is 13.9. The van der Waals surface area contributed by atoms with Crippen molar-refractivity contribution in [3.8, 4) is 0 Å². The van der Waals surface area contributed by atoms with Gasteiger partial charge in [0.2, 0.25) is 5.91 Å². The lowest BCUT2D eigenvalue weighted by molar-refractivity contribution is -0.138. The molecule has 0 fully saturated rings. The summed E-state index contributed by atoms with van der Waals surface area (Å²) in [6, 6.07) is 21.4. The van der Waals surface area contributed by atoms with E-state index in [2.05, 4.69) is 4.98 Å². The fourth-order valence-electron chi connectivity index (χ4n) is 2.93. The van der Waals surface area contributed by atoms with Gasteiger partial charge in [-0.15, -0.1) is 0 Å². The summed E-state index contributed by atoms with van der Waals surface area (Å²) in [5.74, 6) is -0.0696. The first-order valence-electron chi connectivity index (χ1n) is 8.88. The van der Waals surface area contributed by atoms with Crippen molar-refractivity contribution in [2.45, 2.75) is 17.2 Å². The Morgan fingerprint density at radius 1 is 0.966 bits per heavy atom. The molecule has 1 amide bonds. The third kappa shape index (κ3) is 5.38. The predicted molar refractivity (Wildman–Crippen MR) is 107 cm³/mol. The molecule has 0 saturated carbocycles. The van der Waals surface area contributed by atoms with Crippen LogP contribution in [0.25, 0.3) is 0 Å². The van der Waals surface area contributed by atoms with Crippen LogP contribution in [0.3, 0.4) is 0 Å². The van der Waals surface area contributed by atoms with E-state index in [4.69, 9.17) is 0 Å². The molecule has 0 aliphatic rings. The molecule has 0 unspecified atom stereocenters. The van der Waals surface area contributed by atoms with E-state index < -0.39 is 11.7 Å². The lowest BCUT2D eigenvalue weighted by Crippen LogP contribution is -2.33. The second-order valence-electron chi connectivity index (χ2n) is 6.40. The van der Waals surface area contributed by atoms with Crippen molar-refractivity contribution in [2.75, 3.05) is 12.8 Å². The summed E-state index contributed by atoms with van der Waals surface area (Å²) in [4.78, 5) is 18.3. The molecule has 7 heteroatoms. The fraction of sp³-hybridized carbons (Fsp3) is 0.182. The summed E-state index contributed by atoms with van der Waals surface area (Å²) < 4.78 is 37.9. The molecule has 0 spiro atoms.